The fraction of sp³-hybridized carbons (Fsp3) is 0. The zero-order chi connectivity index (χ0) is 14.4. The van der Waals surface area contributed by atoms with Crippen molar-refractivity contribution in [3.63, 3.8) is 0 Å². The first-order valence-electron chi connectivity index (χ1n) is 6.30. The molecule has 4 aromatic rings. The third-order valence-corrected chi connectivity index (χ3v) is 3.46. The van der Waals surface area contributed by atoms with Gasteiger partial charge in [-0.3, -0.25) is 0 Å². The highest BCUT2D eigenvalue weighted by atomic mass is 35.5. The van der Waals surface area contributed by atoms with Gasteiger partial charge in [0.15, 0.2) is 5.58 Å². The molecule has 0 fully saturated rings. The summed E-state index contributed by atoms with van der Waals surface area (Å²) in [7, 11) is 0. The van der Waals surface area contributed by atoms with E-state index in [2.05, 4.69) is 4.98 Å². The van der Waals surface area contributed by atoms with Gasteiger partial charge in [0.05, 0.1) is 0 Å². The highest BCUT2D eigenvalue weighted by molar-refractivity contribution is 6.31. The summed E-state index contributed by atoms with van der Waals surface area (Å²) in [6, 6.07) is 14.1. The summed E-state index contributed by atoms with van der Waals surface area (Å²) in [6.45, 7) is 0. The van der Waals surface area contributed by atoms with E-state index in [0.717, 1.165) is 5.39 Å². The minimum Gasteiger partial charge on any atom is -0.436 e. The van der Waals surface area contributed by atoms with Gasteiger partial charge in [0, 0.05) is 10.4 Å². The van der Waals surface area contributed by atoms with Crippen LogP contribution in [0.5, 0.6) is 0 Å². The lowest BCUT2D eigenvalue weighted by molar-refractivity contribution is 0.553. The fourth-order valence-corrected chi connectivity index (χ4v) is 2.39. The van der Waals surface area contributed by atoms with Crippen LogP contribution in [0.15, 0.2) is 62.2 Å². The van der Waals surface area contributed by atoms with E-state index in [0.29, 0.717) is 27.3 Å². The number of rotatable bonds is 1. The standard InChI is InChI=1S/C16H8ClNO3/c17-10-5-6-14-12(8-10)18-15(20-14)11-7-9-3-1-2-4-13(9)21-16(11)19/h1-8H. The van der Waals surface area contributed by atoms with E-state index in [1.54, 1.807) is 30.3 Å². The van der Waals surface area contributed by atoms with Gasteiger partial charge < -0.3 is 8.83 Å². The van der Waals surface area contributed by atoms with Gasteiger partial charge >= 0.3 is 5.63 Å². The van der Waals surface area contributed by atoms with Crippen LogP contribution in [0.3, 0.4) is 0 Å². The number of halogens is 1. The third kappa shape index (κ3) is 2.00. The number of hydrogen-bond acceptors (Lipinski definition) is 4. The Balaban J connectivity index is 1.99. The van der Waals surface area contributed by atoms with E-state index in [1.165, 1.54) is 0 Å². The second kappa shape index (κ2) is 4.46. The lowest BCUT2D eigenvalue weighted by Gasteiger charge is -1.97. The van der Waals surface area contributed by atoms with Gasteiger partial charge in [-0.2, -0.15) is 0 Å². The minimum absolute atomic E-state index is 0.228. The Labute approximate surface area is 123 Å². The van der Waals surface area contributed by atoms with Crippen molar-refractivity contribution in [3.8, 4) is 11.5 Å². The largest absolute Gasteiger partial charge is 0.436 e. The molecule has 2 heterocycles. The van der Waals surface area contributed by atoms with Gasteiger partial charge in [-0.25, -0.2) is 9.78 Å². The van der Waals surface area contributed by atoms with Crippen LogP contribution < -0.4 is 5.63 Å². The smallest absolute Gasteiger partial charge is 0.349 e. The highest BCUT2D eigenvalue weighted by Gasteiger charge is 2.14. The Morgan fingerprint density at radius 1 is 0.952 bits per heavy atom. The van der Waals surface area contributed by atoms with Crippen LogP contribution in [0, 0.1) is 0 Å². The van der Waals surface area contributed by atoms with E-state index in [4.69, 9.17) is 20.4 Å². The predicted molar refractivity (Wildman–Crippen MR) is 80.5 cm³/mol. The molecule has 0 amide bonds. The molecule has 4 nitrogen and oxygen atoms in total. The van der Waals surface area contributed by atoms with Crippen LogP contribution in [0.4, 0.5) is 0 Å². The molecule has 0 aliphatic rings. The van der Waals surface area contributed by atoms with Crippen LogP contribution in [-0.4, -0.2) is 4.98 Å². The molecule has 4 rings (SSSR count). The maximum Gasteiger partial charge on any atom is 0.349 e. The summed E-state index contributed by atoms with van der Waals surface area (Å²) in [5, 5.41) is 1.38. The summed E-state index contributed by atoms with van der Waals surface area (Å²) in [6.07, 6.45) is 0. The molecule has 0 bridgehead atoms. The first kappa shape index (κ1) is 12.2. The van der Waals surface area contributed by atoms with Crippen molar-refractivity contribution >= 4 is 33.7 Å². The molecule has 5 heteroatoms. The van der Waals surface area contributed by atoms with E-state index >= 15 is 0 Å². The monoisotopic (exact) mass is 297 g/mol. The lowest BCUT2D eigenvalue weighted by Crippen LogP contribution is -2.02. The lowest BCUT2D eigenvalue weighted by atomic mass is 10.2. The van der Waals surface area contributed by atoms with Crippen LogP contribution in [0.2, 0.25) is 5.02 Å². The van der Waals surface area contributed by atoms with Crippen molar-refractivity contribution < 1.29 is 8.83 Å². The molecule has 102 valence electrons. The zero-order valence-electron chi connectivity index (χ0n) is 10.7. The average molecular weight is 298 g/mol. The molecule has 0 saturated heterocycles. The van der Waals surface area contributed by atoms with Crippen molar-refractivity contribution in [3.05, 3.63) is 64.0 Å². The zero-order valence-corrected chi connectivity index (χ0v) is 11.4. The second-order valence-corrected chi connectivity index (χ2v) is 5.05. The van der Waals surface area contributed by atoms with Crippen molar-refractivity contribution in [2.75, 3.05) is 0 Å². The number of benzene rings is 2. The molecule has 0 atom stereocenters. The molecule has 2 aromatic carbocycles. The topological polar surface area (TPSA) is 56.2 Å². The van der Waals surface area contributed by atoms with Crippen molar-refractivity contribution in [1.29, 1.82) is 0 Å². The number of hydrogen-bond donors (Lipinski definition) is 0. The Bertz CT molecular complexity index is 1030. The van der Waals surface area contributed by atoms with E-state index in [1.807, 2.05) is 18.2 Å². The molecular weight excluding hydrogens is 290 g/mol. The summed E-state index contributed by atoms with van der Waals surface area (Å²) in [4.78, 5) is 16.4. The second-order valence-electron chi connectivity index (χ2n) is 4.62. The van der Waals surface area contributed by atoms with Crippen LogP contribution >= 0.6 is 11.6 Å². The van der Waals surface area contributed by atoms with Gasteiger partial charge in [-0.05, 0) is 30.3 Å². The Kier molecular flexibility index (Phi) is 2.59. The first-order chi connectivity index (χ1) is 10.2. The normalized spacial score (nSPS) is 11.3. The maximum atomic E-state index is 12.1. The molecule has 0 N–H and O–H groups in total. The Morgan fingerprint density at radius 2 is 1.81 bits per heavy atom. The Morgan fingerprint density at radius 3 is 2.71 bits per heavy atom. The number of oxazole rings is 1. The summed E-state index contributed by atoms with van der Waals surface area (Å²) in [5.41, 5.74) is 1.52. The van der Waals surface area contributed by atoms with E-state index in [9.17, 15) is 4.79 Å². The number of fused-ring (bicyclic) bond motifs is 2. The summed E-state index contributed by atoms with van der Waals surface area (Å²) < 4.78 is 10.9. The average Bonchev–Trinajstić information content (AvgIpc) is 2.89. The molecule has 0 spiro atoms. The number of para-hydroxylation sites is 1. The first-order valence-corrected chi connectivity index (χ1v) is 6.68. The molecule has 0 unspecified atom stereocenters. The van der Waals surface area contributed by atoms with Gasteiger partial charge in [0.25, 0.3) is 0 Å². The fourth-order valence-electron chi connectivity index (χ4n) is 2.23. The van der Waals surface area contributed by atoms with Gasteiger partial charge in [-0.15, -0.1) is 0 Å². The molecule has 0 aliphatic heterocycles. The summed E-state index contributed by atoms with van der Waals surface area (Å²) >= 11 is 5.92. The quantitative estimate of drug-likeness (QED) is 0.493. The molecule has 21 heavy (non-hydrogen) atoms. The van der Waals surface area contributed by atoms with Crippen LogP contribution in [0.1, 0.15) is 0 Å². The SMILES string of the molecule is O=c1oc2ccccc2cc1-c1nc2cc(Cl)ccc2o1. The number of aromatic nitrogens is 1. The van der Waals surface area contributed by atoms with Gasteiger partial charge in [0.2, 0.25) is 5.89 Å². The Hall–Kier alpha value is -2.59. The molecule has 0 aliphatic carbocycles. The van der Waals surface area contributed by atoms with Crippen LogP contribution in [0.25, 0.3) is 33.5 Å². The van der Waals surface area contributed by atoms with Gasteiger partial charge in [0.1, 0.15) is 16.7 Å². The molecular formula is C16H8ClNO3. The third-order valence-electron chi connectivity index (χ3n) is 3.22. The molecule has 2 aromatic heterocycles. The van der Waals surface area contributed by atoms with E-state index in [-0.39, 0.29) is 5.89 Å². The van der Waals surface area contributed by atoms with Crippen LogP contribution in [-0.2, 0) is 0 Å². The van der Waals surface area contributed by atoms with Crippen molar-refractivity contribution in [2.45, 2.75) is 0 Å². The van der Waals surface area contributed by atoms with Crippen molar-refractivity contribution in [1.82, 2.24) is 4.98 Å². The maximum absolute atomic E-state index is 12.1. The van der Waals surface area contributed by atoms with Crippen molar-refractivity contribution in [2.24, 2.45) is 0 Å². The van der Waals surface area contributed by atoms with E-state index < -0.39 is 5.63 Å². The molecule has 0 saturated carbocycles. The number of nitrogens with zero attached hydrogens (tertiary/aromatic N) is 1. The van der Waals surface area contributed by atoms with Gasteiger partial charge in [-0.1, -0.05) is 29.8 Å². The molecule has 0 radical (unpaired) electrons. The minimum atomic E-state index is -0.480. The highest BCUT2D eigenvalue weighted by Crippen LogP contribution is 2.26. The summed E-state index contributed by atoms with van der Waals surface area (Å²) in [5.74, 6) is 0.228. The predicted octanol–water partition coefficient (Wildman–Crippen LogP) is 4.25.